The lowest BCUT2D eigenvalue weighted by molar-refractivity contribution is 0.0559. The van der Waals surface area contributed by atoms with Crippen molar-refractivity contribution in [1.82, 2.24) is 9.97 Å². The van der Waals surface area contributed by atoms with E-state index in [1.165, 1.54) is 6.20 Å². The van der Waals surface area contributed by atoms with Gasteiger partial charge in [0.1, 0.15) is 6.61 Å². The molecule has 0 aliphatic carbocycles. The lowest BCUT2D eigenvalue weighted by Crippen LogP contribution is -1.98. The standard InChI is InChI=1S/C11H9N2O3/c14-11(15)10-12-6-9(13-10)16-7-8-4-2-1-3-5-8/h1-6H,7H2,(H,12,13). The molecule has 1 aromatic carbocycles. The van der Waals surface area contributed by atoms with Gasteiger partial charge in [0.05, 0.1) is 6.20 Å². The molecule has 0 saturated heterocycles. The molecule has 1 N–H and O–H groups in total. The maximum absolute atomic E-state index is 10.4. The molecule has 0 amide bonds. The molecule has 5 heteroatoms. The first-order valence-corrected chi connectivity index (χ1v) is 4.69. The average Bonchev–Trinajstić information content (AvgIpc) is 2.76. The summed E-state index contributed by atoms with van der Waals surface area (Å²) in [4.78, 5) is 16.6. The Morgan fingerprint density at radius 2 is 2.06 bits per heavy atom. The van der Waals surface area contributed by atoms with Crippen molar-refractivity contribution in [2.75, 3.05) is 0 Å². The van der Waals surface area contributed by atoms with E-state index in [4.69, 9.17) is 4.74 Å². The van der Waals surface area contributed by atoms with Crippen LogP contribution in [0.25, 0.3) is 0 Å². The van der Waals surface area contributed by atoms with Crippen molar-refractivity contribution in [1.29, 1.82) is 0 Å². The minimum atomic E-state index is -1.35. The number of nitrogens with zero attached hydrogens (tertiary/aromatic N) is 1. The molecule has 1 heterocycles. The Hall–Kier alpha value is -2.30. The quantitative estimate of drug-likeness (QED) is 0.844. The number of aromatic amines is 1. The first kappa shape index (κ1) is 10.2. The van der Waals surface area contributed by atoms with E-state index in [1.54, 1.807) is 0 Å². The first-order chi connectivity index (χ1) is 7.75. The SMILES string of the molecule is [O]C(=O)c1nc(OCc2ccccc2)c[nH]1. The van der Waals surface area contributed by atoms with Crippen molar-refractivity contribution in [3.05, 3.63) is 47.9 Å². The number of carbonyl (C=O) groups excluding carboxylic acids is 1. The van der Waals surface area contributed by atoms with Crippen LogP contribution in [0, 0.1) is 0 Å². The lowest BCUT2D eigenvalue weighted by atomic mass is 10.2. The number of imidazole rings is 1. The van der Waals surface area contributed by atoms with Crippen molar-refractivity contribution in [2.24, 2.45) is 0 Å². The number of nitrogens with one attached hydrogen (secondary N) is 1. The topological polar surface area (TPSA) is 74.9 Å². The number of ether oxygens (including phenoxy) is 1. The van der Waals surface area contributed by atoms with E-state index >= 15 is 0 Å². The number of carbonyl (C=O) groups is 1. The second-order valence-electron chi connectivity index (χ2n) is 3.15. The van der Waals surface area contributed by atoms with Gasteiger partial charge in [-0.3, -0.25) is 0 Å². The third-order valence-electron chi connectivity index (χ3n) is 1.98. The zero-order valence-electron chi connectivity index (χ0n) is 8.34. The summed E-state index contributed by atoms with van der Waals surface area (Å²) in [6.07, 6.45) is 1.38. The molecule has 0 aliphatic rings. The summed E-state index contributed by atoms with van der Waals surface area (Å²) in [5, 5.41) is 10.4. The van der Waals surface area contributed by atoms with E-state index in [1.807, 2.05) is 30.3 Å². The second-order valence-corrected chi connectivity index (χ2v) is 3.15. The number of hydrogen-bond donors (Lipinski definition) is 1. The van der Waals surface area contributed by atoms with Gasteiger partial charge in [0.2, 0.25) is 11.7 Å². The summed E-state index contributed by atoms with van der Waals surface area (Å²) in [6, 6.07) is 9.52. The van der Waals surface area contributed by atoms with Gasteiger partial charge in [-0.1, -0.05) is 30.3 Å². The van der Waals surface area contributed by atoms with Crippen molar-refractivity contribution in [3.63, 3.8) is 0 Å². The minimum absolute atomic E-state index is 0.233. The van der Waals surface area contributed by atoms with Gasteiger partial charge in [-0.05, 0) is 5.56 Å². The van der Waals surface area contributed by atoms with Crippen molar-refractivity contribution in [3.8, 4) is 5.88 Å². The Balaban J connectivity index is 1.97. The maximum Gasteiger partial charge on any atom is 0.421 e. The fraction of sp³-hybridized carbons (Fsp3) is 0.0909. The molecule has 1 aromatic heterocycles. The van der Waals surface area contributed by atoms with E-state index in [0.29, 0.717) is 6.61 Å². The number of hydrogen-bond acceptors (Lipinski definition) is 3. The van der Waals surface area contributed by atoms with E-state index < -0.39 is 5.97 Å². The molecule has 0 spiro atoms. The molecule has 0 bridgehead atoms. The maximum atomic E-state index is 10.4. The van der Waals surface area contributed by atoms with Crippen molar-refractivity contribution >= 4 is 5.97 Å². The normalized spacial score (nSPS) is 10.0. The summed E-state index contributed by atoms with van der Waals surface area (Å²) in [5.41, 5.74) is 0.987. The number of aromatic nitrogens is 2. The van der Waals surface area contributed by atoms with Gasteiger partial charge >= 0.3 is 5.97 Å². The summed E-state index contributed by atoms with van der Waals surface area (Å²) >= 11 is 0. The Labute approximate surface area is 91.7 Å². The number of benzene rings is 1. The van der Waals surface area contributed by atoms with Crippen LogP contribution in [-0.4, -0.2) is 15.9 Å². The van der Waals surface area contributed by atoms with Crippen LogP contribution in [0.2, 0.25) is 0 Å². The monoisotopic (exact) mass is 217 g/mol. The third-order valence-corrected chi connectivity index (χ3v) is 1.98. The van der Waals surface area contributed by atoms with Crippen LogP contribution in [0.15, 0.2) is 36.5 Å². The highest BCUT2D eigenvalue weighted by atomic mass is 16.5. The molecule has 16 heavy (non-hydrogen) atoms. The molecule has 2 rings (SSSR count). The molecule has 0 fully saturated rings. The van der Waals surface area contributed by atoms with Crippen molar-refractivity contribution < 1.29 is 14.6 Å². The molecule has 5 nitrogen and oxygen atoms in total. The van der Waals surface area contributed by atoms with Gasteiger partial charge in [-0.2, -0.15) is 4.98 Å². The summed E-state index contributed by atoms with van der Waals surface area (Å²) in [7, 11) is 0. The van der Waals surface area contributed by atoms with Gasteiger partial charge in [-0.15, -0.1) is 0 Å². The molecule has 0 atom stereocenters. The fourth-order valence-electron chi connectivity index (χ4n) is 1.21. The zero-order valence-corrected chi connectivity index (χ0v) is 8.34. The van der Waals surface area contributed by atoms with Gasteiger partial charge in [-0.25, -0.2) is 9.90 Å². The van der Waals surface area contributed by atoms with Crippen LogP contribution < -0.4 is 4.74 Å². The highest BCUT2D eigenvalue weighted by molar-refractivity contribution is 5.82. The van der Waals surface area contributed by atoms with E-state index in [9.17, 15) is 9.90 Å². The first-order valence-electron chi connectivity index (χ1n) is 4.69. The highest BCUT2D eigenvalue weighted by Crippen LogP contribution is 2.09. The summed E-state index contributed by atoms with van der Waals surface area (Å²) in [5.74, 6) is -1.35. The Morgan fingerprint density at radius 1 is 1.31 bits per heavy atom. The molecule has 0 saturated carbocycles. The number of rotatable bonds is 4. The third kappa shape index (κ3) is 2.38. The largest absolute Gasteiger partial charge is 0.472 e. The average molecular weight is 217 g/mol. The minimum Gasteiger partial charge on any atom is -0.472 e. The van der Waals surface area contributed by atoms with E-state index in [-0.39, 0.29) is 11.7 Å². The predicted molar refractivity (Wildman–Crippen MR) is 54.4 cm³/mol. The van der Waals surface area contributed by atoms with E-state index in [2.05, 4.69) is 9.97 Å². The van der Waals surface area contributed by atoms with Crippen LogP contribution in [0.4, 0.5) is 0 Å². The predicted octanol–water partition coefficient (Wildman–Crippen LogP) is 1.56. The molecular weight excluding hydrogens is 208 g/mol. The highest BCUT2D eigenvalue weighted by Gasteiger charge is 2.10. The molecular formula is C11H9N2O3. The van der Waals surface area contributed by atoms with Crippen LogP contribution in [-0.2, 0) is 11.7 Å². The molecule has 0 unspecified atom stereocenters. The number of H-pyrrole nitrogens is 1. The lowest BCUT2D eigenvalue weighted by Gasteiger charge is -2.01. The molecule has 1 radical (unpaired) electrons. The Morgan fingerprint density at radius 3 is 2.69 bits per heavy atom. The van der Waals surface area contributed by atoms with Crippen LogP contribution in [0.5, 0.6) is 5.88 Å². The molecule has 0 aliphatic heterocycles. The second kappa shape index (κ2) is 4.48. The van der Waals surface area contributed by atoms with Gasteiger partial charge in [0.25, 0.3) is 0 Å². The van der Waals surface area contributed by atoms with Crippen LogP contribution in [0.3, 0.4) is 0 Å². The van der Waals surface area contributed by atoms with Crippen molar-refractivity contribution in [2.45, 2.75) is 6.61 Å². The van der Waals surface area contributed by atoms with Crippen LogP contribution >= 0.6 is 0 Å². The molecule has 81 valence electrons. The smallest absolute Gasteiger partial charge is 0.421 e. The molecule has 2 aromatic rings. The summed E-state index contributed by atoms with van der Waals surface area (Å²) in [6.45, 7) is 0.345. The van der Waals surface area contributed by atoms with Gasteiger partial charge in [0.15, 0.2) is 0 Å². The van der Waals surface area contributed by atoms with Gasteiger partial charge in [0, 0.05) is 0 Å². The van der Waals surface area contributed by atoms with E-state index in [0.717, 1.165) is 5.56 Å². The van der Waals surface area contributed by atoms with Crippen LogP contribution in [0.1, 0.15) is 16.2 Å². The zero-order chi connectivity index (χ0) is 11.4. The summed E-state index contributed by atoms with van der Waals surface area (Å²) < 4.78 is 5.29. The fourth-order valence-corrected chi connectivity index (χ4v) is 1.21. The Kier molecular flexibility index (Phi) is 2.86. The van der Waals surface area contributed by atoms with Gasteiger partial charge < -0.3 is 9.72 Å². The Bertz CT molecular complexity index is 479.